The van der Waals surface area contributed by atoms with Gasteiger partial charge in [0.2, 0.25) is 0 Å². The fourth-order valence-electron chi connectivity index (χ4n) is 3.37. The highest BCUT2D eigenvalue weighted by Gasteiger charge is 2.15. The summed E-state index contributed by atoms with van der Waals surface area (Å²) in [6, 6.07) is 15.8. The van der Waals surface area contributed by atoms with E-state index >= 15 is 0 Å². The van der Waals surface area contributed by atoms with E-state index in [2.05, 4.69) is 18.7 Å². The topological polar surface area (TPSA) is 39.4 Å². The molecule has 5 nitrogen and oxygen atoms in total. The molecule has 0 bridgehead atoms. The quantitative estimate of drug-likeness (QED) is 0.382. The van der Waals surface area contributed by atoms with Crippen LogP contribution in [0.3, 0.4) is 0 Å². The van der Waals surface area contributed by atoms with Crippen LogP contribution in [0.4, 0.5) is 0 Å². The van der Waals surface area contributed by atoms with Crippen molar-refractivity contribution in [1.29, 1.82) is 0 Å². The summed E-state index contributed by atoms with van der Waals surface area (Å²) in [6.07, 6.45) is 0. The monoisotopic (exact) mass is 399 g/mol. The van der Waals surface area contributed by atoms with E-state index in [-0.39, 0.29) is 0 Å². The number of nitrogens with zero attached hydrogens (tertiary/aromatic N) is 3. The Morgan fingerprint density at radius 1 is 0.815 bits per heavy atom. The zero-order valence-corrected chi connectivity index (χ0v) is 16.9. The van der Waals surface area contributed by atoms with Crippen LogP contribution in [0, 0.1) is 15.6 Å². The van der Waals surface area contributed by atoms with Crippen molar-refractivity contribution >= 4 is 46.6 Å². The lowest BCUT2D eigenvalue weighted by atomic mass is 10.2. The summed E-state index contributed by atoms with van der Waals surface area (Å²) in [4.78, 5) is 3.26. The van der Waals surface area contributed by atoms with Crippen LogP contribution in [-0.2, 0) is 13.3 Å². The molecular formula is C20H21N3O2S2. The number of fused-ring (bicyclic) bond motifs is 2. The third kappa shape index (κ3) is 3.63. The number of hydrogen-bond donors (Lipinski definition) is 0. The number of oxazole rings is 2. The molecule has 0 atom stereocenters. The van der Waals surface area contributed by atoms with E-state index < -0.39 is 0 Å². The first-order valence-electron chi connectivity index (χ1n) is 8.92. The van der Waals surface area contributed by atoms with Crippen molar-refractivity contribution in [2.75, 3.05) is 6.54 Å². The van der Waals surface area contributed by atoms with Crippen LogP contribution in [0.1, 0.15) is 13.8 Å². The summed E-state index contributed by atoms with van der Waals surface area (Å²) in [5.41, 5.74) is 3.60. The maximum absolute atomic E-state index is 5.74. The molecule has 0 spiro atoms. The van der Waals surface area contributed by atoms with Crippen molar-refractivity contribution in [2.24, 2.45) is 5.92 Å². The van der Waals surface area contributed by atoms with Gasteiger partial charge in [-0.05, 0) is 54.6 Å². The Bertz CT molecular complexity index is 1110. The van der Waals surface area contributed by atoms with Gasteiger partial charge in [-0.25, -0.2) is 0 Å². The molecule has 0 aliphatic heterocycles. The molecule has 0 amide bonds. The lowest BCUT2D eigenvalue weighted by Crippen LogP contribution is -2.32. The number of aromatic nitrogens is 2. The molecule has 0 saturated heterocycles. The summed E-state index contributed by atoms with van der Waals surface area (Å²) in [5.74, 6) is 0.490. The van der Waals surface area contributed by atoms with Crippen LogP contribution in [0.2, 0.25) is 0 Å². The molecule has 0 unspecified atom stereocenters. The number of hydrogen-bond acceptors (Lipinski definition) is 5. The average Bonchev–Trinajstić information content (AvgIpc) is 3.11. The normalized spacial score (nSPS) is 12.0. The lowest BCUT2D eigenvalue weighted by molar-refractivity contribution is 0.149. The van der Waals surface area contributed by atoms with Crippen molar-refractivity contribution in [3.05, 3.63) is 58.2 Å². The predicted octanol–water partition coefficient (Wildman–Crippen LogP) is 5.81. The van der Waals surface area contributed by atoms with E-state index in [1.165, 1.54) is 0 Å². The van der Waals surface area contributed by atoms with E-state index in [4.69, 9.17) is 33.3 Å². The highest BCUT2D eigenvalue weighted by atomic mass is 32.1. The molecule has 4 aromatic rings. The molecule has 0 saturated carbocycles. The van der Waals surface area contributed by atoms with E-state index in [0.717, 1.165) is 28.7 Å². The van der Waals surface area contributed by atoms with Crippen LogP contribution >= 0.6 is 24.4 Å². The molecule has 0 radical (unpaired) electrons. The summed E-state index contributed by atoms with van der Waals surface area (Å²) in [5, 5.41) is 0. The molecule has 140 valence electrons. The Morgan fingerprint density at radius 3 is 1.70 bits per heavy atom. The molecular weight excluding hydrogens is 378 g/mol. The predicted molar refractivity (Wildman–Crippen MR) is 112 cm³/mol. The first kappa shape index (κ1) is 18.2. The van der Waals surface area contributed by atoms with Crippen molar-refractivity contribution in [2.45, 2.75) is 27.2 Å². The number of rotatable bonds is 6. The Labute approximate surface area is 167 Å². The second-order valence-electron chi connectivity index (χ2n) is 7.06. The van der Waals surface area contributed by atoms with Gasteiger partial charge in [-0.15, -0.1) is 0 Å². The maximum atomic E-state index is 5.74. The van der Waals surface area contributed by atoms with Crippen molar-refractivity contribution in [1.82, 2.24) is 14.0 Å². The lowest BCUT2D eigenvalue weighted by Gasteiger charge is -2.25. The summed E-state index contributed by atoms with van der Waals surface area (Å²) >= 11 is 10.9. The summed E-state index contributed by atoms with van der Waals surface area (Å²) in [6.45, 7) is 6.53. The Morgan fingerprint density at radius 2 is 1.26 bits per heavy atom. The summed E-state index contributed by atoms with van der Waals surface area (Å²) in [7, 11) is 0. The van der Waals surface area contributed by atoms with Crippen LogP contribution in [0.5, 0.6) is 0 Å². The van der Waals surface area contributed by atoms with Gasteiger partial charge in [0.15, 0.2) is 11.2 Å². The minimum atomic E-state index is 0.477. The minimum absolute atomic E-state index is 0.477. The minimum Gasteiger partial charge on any atom is -0.429 e. The van der Waals surface area contributed by atoms with Gasteiger partial charge in [-0.1, -0.05) is 38.1 Å². The molecule has 0 fully saturated rings. The first-order valence-corrected chi connectivity index (χ1v) is 9.73. The standard InChI is InChI=1S/C20H21N3O2S2/c1-14(2)11-21(12-22-15-7-3-5-9-17(15)24-19(22)26)13-23-16-8-4-6-10-18(16)25-20(23)27/h3-10,14H,11-13H2,1-2H3. The van der Waals surface area contributed by atoms with Crippen LogP contribution < -0.4 is 0 Å². The second-order valence-corrected chi connectivity index (χ2v) is 7.76. The average molecular weight is 400 g/mol. The Kier molecular flexibility index (Phi) is 4.99. The van der Waals surface area contributed by atoms with Crippen LogP contribution in [0.25, 0.3) is 22.2 Å². The largest absolute Gasteiger partial charge is 0.429 e. The van der Waals surface area contributed by atoms with Crippen molar-refractivity contribution in [3.63, 3.8) is 0 Å². The smallest absolute Gasteiger partial charge is 0.270 e. The molecule has 2 aromatic heterocycles. The van der Waals surface area contributed by atoms with Gasteiger partial charge in [0.05, 0.1) is 24.4 Å². The fraction of sp³-hybridized carbons (Fsp3) is 0.300. The molecule has 7 heteroatoms. The van der Waals surface area contributed by atoms with Gasteiger partial charge in [-0.3, -0.25) is 14.0 Å². The van der Waals surface area contributed by atoms with Gasteiger partial charge >= 0.3 is 0 Å². The second kappa shape index (κ2) is 7.42. The van der Waals surface area contributed by atoms with Crippen LogP contribution in [0.15, 0.2) is 57.4 Å². The molecule has 0 aliphatic rings. The number of para-hydroxylation sites is 4. The molecule has 0 N–H and O–H groups in total. The van der Waals surface area contributed by atoms with Gasteiger partial charge in [0.1, 0.15) is 0 Å². The van der Waals surface area contributed by atoms with Crippen LogP contribution in [-0.4, -0.2) is 20.6 Å². The van der Waals surface area contributed by atoms with Gasteiger partial charge in [0, 0.05) is 6.54 Å². The molecule has 4 rings (SSSR count). The van der Waals surface area contributed by atoms with E-state index in [0.29, 0.717) is 28.9 Å². The first-order chi connectivity index (χ1) is 13.0. The zero-order valence-electron chi connectivity index (χ0n) is 15.3. The third-order valence-corrected chi connectivity index (χ3v) is 5.06. The molecule has 27 heavy (non-hydrogen) atoms. The molecule has 0 aliphatic carbocycles. The van der Waals surface area contributed by atoms with Gasteiger partial charge < -0.3 is 8.83 Å². The third-order valence-electron chi connectivity index (χ3n) is 4.45. The fourth-order valence-corrected chi connectivity index (χ4v) is 3.86. The highest BCUT2D eigenvalue weighted by Crippen LogP contribution is 2.21. The highest BCUT2D eigenvalue weighted by molar-refractivity contribution is 7.71. The maximum Gasteiger partial charge on any atom is 0.270 e. The Hall–Kier alpha value is -2.22. The van der Waals surface area contributed by atoms with Gasteiger partial charge in [-0.2, -0.15) is 0 Å². The number of benzene rings is 2. The SMILES string of the molecule is CC(C)CN(Cn1c(=S)oc2ccccc21)Cn1c(=S)oc2ccccc21. The van der Waals surface area contributed by atoms with E-state index in [9.17, 15) is 0 Å². The zero-order chi connectivity index (χ0) is 19.0. The Balaban J connectivity index is 1.71. The molecule has 2 heterocycles. The molecule has 2 aromatic carbocycles. The summed E-state index contributed by atoms with van der Waals surface area (Å²) < 4.78 is 15.5. The van der Waals surface area contributed by atoms with Crippen molar-refractivity contribution < 1.29 is 8.83 Å². The van der Waals surface area contributed by atoms with Gasteiger partial charge in [0.25, 0.3) is 9.67 Å². The van der Waals surface area contributed by atoms with E-state index in [1.54, 1.807) is 0 Å². The van der Waals surface area contributed by atoms with E-state index in [1.807, 2.05) is 57.7 Å². The van der Waals surface area contributed by atoms with Crippen molar-refractivity contribution in [3.8, 4) is 0 Å².